The van der Waals surface area contributed by atoms with Gasteiger partial charge in [0.25, 0.3) is 0 Å². The van der Waals surface area contributed by atoms with Crippen LogP contribution in [0.2, 0.25) is 24.7 Å². The van der Waals surface area contributed by atoms with Gasteiger partial charge < -0.3 is 4.53 Å². The molecule has 5 heteroatoms. The van der Waals surface area contributed by atoms with Crippen molar-refractivity contribution in [3.8, 4) is 0 Å². The molecule has 0 fully saturated rings. The Morgan fingerprint density at radius 1 is 0.897 bits per heavy atom. The fourth-order valence-corrected chi connectivity index (χ4v) is 4.05. The lowest BCUT2D eigenvalue weighted by molar-refractivity contribution is 0.0953. The van der Waals surface area contributed by atoms with E-state index < -0.39 is 8.32 Å². The van der Waals surface area contributed by atoms with Crippen LogP contribution in [-0.4, -0.2) is 14.1 Å². The van der Waals surface area contributed by atoms with Gasteiger partial charge in [-0.15, -0.1) is 0 Å². The van der Waals surface area contributed by atoms with Gasteiger partial charge in [-0.2, -0.15) is 0 Å². The zero-order valence-corrected chi connectivity index (χ0v) is 18.8. The van der Waals surface area contributed by atoms with Crippen molar-refractivity contribution in [3.05, 3.63) is 101 Å². The monoisotopic (exact) mass is 423 g/mol. The molecular weight excluding hydrogens is 398 g/mol. The highest BCUT2D eigenvalue weighted by molar-refractivity contribution is 6.69. The Morgan fingerprint density at radius 3 is 2.00 bits per heavy atom. The zero-order valence-electron chi connectivity index (χ0n) is 17.0. The molecule has 0 radical (unpaired) electrons. The van der Waals surface area contributed by atoms with Gasteiger partial charge in [-0.1, -0.05) is 72.3 Å². The highest BCUT2D eigenvalue weighted by Gasteiger charge is 2.30. The highest BCUT2D eigenvalue weighted by Crippen LogP contribution is 2.33. The van der Waals surface area contributed by atoms with Crippen LogP contribution in [0, 0.1) is 0 Å². The Kier molecular flexibility index (Phi) is 6.90. The first kappa shape index (κ1) is 21.3. The predicted molar refractivity (Wildman–Crippen MR) is 123 cm³/mol. The van der Waals surface area contributed by atoms with Gasteiger partial charge in [0.2, 0.25) is 8.32 Å². The molecule has 0 aliphatic rings. The van der Waals surface area contributed by atoms with Crippen LogP contribution >= 0.6 is 11.6 Å². The van der Waals surface area contributed by atoms with Gasteiger partial charge in [0, 0.05) is 17.0 Å². The van der Waals surface area contributed by atoms with Gasteiger partial charge in [-0.25, -0.2) is 0 Å². The molecule has 0 bridgehead atoms. The van der Waals surface area contributed by atoms with Crippen molar-refractivity contribution in [1.82, 2.24) is 0 Å². The summed E-state index contributed by atoms with van der Waals surface area (Å²) in [6.07, 6.45) is 0.297. The molecule has 1 atom stereocenters. The van der Waals surface area contributed by atoms with E-state index >= 15 is 0 Å². The van der Waals surface area contributed by atoms with E-state index in [4.69, 9.17) is 16.1 Å². The predicted octanol–water partition coefficient (Wildman–Crippen LogP) is 6.93. The summed E-state index contributed by atoms with van der Waals surface area (Å²) in [7, 11) is -1.95. The van der Waals surface area contributed by atoms with E-state index in [-0.39, 0.29) is 11.8 Å². The van der Waals surface area contributed by atoms with Crippen LogP contribution in [0.1, 0.15) is 28.4 Å². The Hall–Kier alpha value is -2.40. The lowest BCUT2D eigenvalue weighted by Gasteiger charge is -2.37. The zero-order chi connectivity index (χ0) is 20.9. The molecule has 0 amide bonds. The van der Waals surface area contributed by atoms with Crippen LogP contribution in [0.5, 0.6) is 0 Å². The molecule has 1 unspecified atom stereocenters. The first-order valence-corrected chi connectivity index (χ1v) is 13.5. The summed E-state index contributed by atoms with van der Waals surface area (Å²) in [5.41, 5.74) is 2.61. The van der Waals surface area contributed by atoms with E-state index in [1.807, 2.05) is 90.0 Å². The number of halogens is 1. The summed E-state index contributed by atoms with van der Waals surface area (Å²) in [5, 5.41) is 2.58. The van der Waals surface area contributed by atoms with Crippen molar-refractivity contribution in [2.45, 2.75) is 32.1 Å². The molecule has 0 saturated carbocycles. The molecule has 0 N–H and O–H groups in total. The maximum atomic E-state index is 13.1. The van der Waals surface area contributed by atoms with E-state index in [9.17, 15) is 4.79 Å². The Morgan fingerprint density at radius 2 is 1.45 bits per heavy atom. The average Bonchev–Trinajstić information content (AvgIpc) is 2.72. The number of nitrogens with zero attached hydrogens (tertiary/aromatic N) is 1. The molecule has 0 spiro atoms. The number of carbonyl (C=O) groups excluding carboxylic acids is 1. The SMILES string of the molecule is C[Si](C)(C)ON(c1ccccc1)C(CC(=O)c1ccccc1)c1ccc(Cl)cc1. The normalized spacial score (nSPS) is 12.4. The average molecular weight is 424 g/mol. The van der Waals surface area contributed by atoms with Crippen LogP contribution in [0.4, 0.5) is 5.69 Å². The number of ketones is 1. The van der Waals surface area contributed by atoms with Crippen LogP contribution in [-0.2, 0) is 4.53 Å². The minimum atomic E-state index is -1.95. The van der Waals surface area contributed by atoms with Gasteiger partial charge in [0.1, 0.15) is 0 Å². The number of anilines is 1. The topological polar surface area (TPSA) is 29.5 Å². The minimum Gasteiger partial charge on any atom is -0.320 e. The molecule has 0 heterocycles. The van der Waals surface area contributed by atoms with Crippen molar-refractivity contribution >= 4 is 31.4 Å². The van der Waals surface area contributed by atoms with Gasteiger partial charge in [-0.3, -0.25) is 9.86 Å². The summed E-state index contributed by atoms with van der Waals surface area (Å²) >= 11 is 6.12. The molecule has 29 heavy (non-hydrogen) atoms. The fraction of sp³-hybridized carbons (Fsp3) is 0.208. The van der Waals surface area contributed by atoms with Crippen LogP contribution < -0.4 is 5.06 Å². The molecule has 0 saturated heterocycles. The third kappa shape index (κ3) is 6.04. The van der Waals surface area contributed by atoms with Gasteiger partial charge in [-0.05, 0) is 49.5 Å². The van der Waals surface area contributed by atoms with Crippen molar-refractivity contribution in [1.29, 1.82) is 0 Å². The molecule has 3 rings (SSSR count). The van der Waals surface area contributed by atoms with Crippen molar-refractivity contribution in [2.24, 2.45) is 0 Å². The van der Waals surface area contributed by atoms with Crippen molar-refractivity contribution < 1.29 is 9.32 Å². The molecule has 150 valence electrons. The largest absolute Gasteiger partial charge is 0.320 e. The second kappa shape index (κ2) is 9.40. The molecule has 0 aliphatic carbocycles. The summed E-state index contributed by atoms with van der Waals surface area (Å²) in [6.45, 7) is 6.42. The standard InChI is InChI=1S/C24H26ClNO2Si/c1-29(2,3)28-26(22-12-8-5-9-13-22)23(19-14-16-21(25)17-15-19)18-24(27)20-10-6-4-7-11-20/h4-17,23H,18H2,1-3H3. The molecule has 3 aromatic rings. The number of Topliss-reactive ketones (excluding diaryl/α,β-unsaturated/α-hetero) is 1. The second-order valence-electron chi connectivity index (χ2n) is 7.93. The number of carbonyl (C=O) groups is 1. The van der Waals surface area contributed by atoms with Crippen LogP contribution in [0.3, 0.4) is 0 Å². The number of hydroxylamine groups is 1. The quantitative estimate of drug-likeness (QED) is 0.223. The Bertz CT molecular complexity index is 925. The number of rotatable bonds is 8. The number of benzene rings is 3. The van der Waals surface area contributed by atoms with Crippen molar-refractivity contribution in [3.63, 3.8) is 0 Å². The highest BCUT2D eigenvalue weighted by atomic mass is 35.5. The second-order valence-corrected chi connectivity index (χ2v) is 12.8. The third-order valence-corrected chi connectivity index (χ3v) is 5.39. The maximum absolute atomic E-state index is 13.1. The van der Waals surface area contributed by atoms with Crippen LogP contribution in [0.15, 0.2) is 84.9 Å². The number of para-hydroxylation sites is 1. The smallest absolute Gasteiger partial charge is 0.220 e. The maximum Gasteiger partial charge on any atom is 0.220 e. The summed E-state index contributed by atoms with van der Waals surface area (Å²) in [5.74, 6) is 0.0747. The van der Waals surface area contributed by atoms with E-state index in [0.717, 1.165) is 11.3 Å². The van der Waals surface area contributed by atoms with Gasteiger partial charge in [0.15, 0.2) is 5.78 Å². The summed E-state index contributed by atoms with van der Waals surface area (Å²) in [4.78, 5) is 13.1. The summed E-state index contributed by atoms with van der Waals surface area (Å²) < 4.78 is 6.49. The van der Waals surface area contributed by atoms with E-state index in [2.05, 4.69) is 19.6 Å². The molecular formula is C24H26ClNO2Si. The Labute approximate surface area is 179 Å². The number of hydrogen-bond donors (Lipinski definition) is 0. The van der Waals surface area contributed by atoms with E-state index in [1.165, 1.54) is 0 Å². The number of hydrogen-bond acceptors (Lipinski definition) is 3. The molecule has 3 aromatic carbocycles. The van der Waals surface area contributed by atoms with E-state index in [1.54, 1.807) is 0 Å². The van der Waals surface area contributed by atoms with Crippen molar-refractivity contribution in [2.75, 3.05) is 5.06 Å². The third-order valence-electron chi connectivity index (χ3n) is 4.40. The summed E-state index contributed by atoms with van der Waals surface area (Å²) in [6, 6.07) is 26.7. The van der Waals surface area contributed by atoms with Gasteiger partial charge in [0.05, 0.1) is 11.7 Å². The minimum absolute atomic E-state index is 0.0747. The van der Waals surface area contributed by atoms with E-state index in [0.29, 0.717) is 17.0 Å². The first-order valence-electron chi connectivity index (χ1n) is 9.70. The lowest BCUT2D eigenvalue weighted by Crippen LogP contribution is -2.40. The molecule has 3 nitrogen and oxygen atoms in total. The van der Waals surface area contributed by atoms with Gasteiger partial charge >= 0.3 is 0 Å². The molecule has 0 aromatic heterocycles. The fourth-order valence-electron chi connectivity index (χ4n) is 3.10. The Balaban J connectivity index is 2.03. The van der Waals surface area contributed by atoms with Crippen LogP contribution in [0.25, 0.3) is 0 Å². The molecule has 0 aliphatic heterocycles. The lowest BCUT2D eigenvalue weighted by atomic mass is 9.97. The first-order chi connectivity index (χ1) is 13.8.